The number of alkyl halides is 2. The fourth-order valence-electron chi connectivity index (χ4n) is 3.43. The Labute approximate surface area is 154 Å². The molecule has 27 heavy (non-hydrogen) atoms. The van der Waals surface area contributed by atoms with Crippen LogP contribution in [0.2, 0.25) is 0 Å². The Morgan fingerprint density at radius 3 is 2.37 bits per heavy atom. The van der Waals surface area contributed by atoms with E-state index in [4.69, 9.17) is 0 Å². The lowest BCUT2D eigenvalue weighted by atomic mass is 9.90. The Kier molecular flexibility index (Phi) is 3.94. The summed E-state index contributed by atoms with van der Waals surface area (Å²) in [5.74, 6) is -0.404. The molecule has 0 radical (unpaired) electrons. The standard InChI is InChI=1S/C21H18F3N3/c1-21(2,3)19-16(22)8-13(10-26-19)12-4-5-14-15-11-25-7-6-17(15)27(20(23)24)18(14)9-12/h4-11,20H,1-3H3. The number of nitrogens with zero attached hydrogens (tertiary/aromatic N) is 3. The number of hydrogen-bond acceptors (Lipinski definition) is 2. The third-order valence-electron chi connectivity index (χ3n) is 4.69. The van der Waals surface area contributed by atoms with Crippen LogP contribution in [0.3, 0.4) is 0 Å². The molecule has 3 nitrogen and oxygen atoms in total. The molecule has 0 bridgehead atoms. The number of aromatic nitrogens is 3. The Hall–Kier alpha value is -2.89. The molecule has 0 aliphatic heterocycles. The maximum absolute atomic E-state index is 14.5. The first-order valence-electron chi connectivity index (χ1n) is 8.59. The van der Waals surface area contributed by atoms with Gasteiger partial charge < -0.3 is 0 Å². The predicted molar refractivity (Wildman–Crippen MR) is 100 cm³/mol. The molecule has 6 heteroatoms. The van der Waals surface area contributed by atoms with Gasteiger partial charge in [-0.2, -0.15) is 8.78 Å². The molecule has 0 saturated carbocycles. The zero-order valence-electron chi connectivity index (χ0n) is 15.2. The third kappa shape index (κ3) is 2.85. The summed E-state index contributed by atoms with van der Waals surface area (Å²) in [5.41, 5.74) is 1.94. The Morgan fingerprint density at radius 2 is 1.70 bits per heavy atom. The molecule has 0 aliphatic carbocycles. The first-order valence-corrected chi connectivity index (χ1v) is 8.59. The van der Waals surface area contributed by atoms with Gasteiger partial charge in [0.25, 0.3) is 0 Å². The lowest BCUT2D eigenvalue weighted by Crippen LogP contribution is -2.15. The number of fused-ring (bicyclic) bond motifs is 3. The van der Waals surface area contributed by atoms with Crippen molar-refractivity contribution in [3.05, 3.63) is 60.4 Å². The van der Waals surface area contributed by atoms with Crippen molar-refractivity contribution in [1.82, 2.24) is 14.5 Å². The van der Waals surface area contributed by atoms with Crippen LogP contribution in [-0.4, -0.2) is 14.5 Å². The number of rotatable bonds is 2. The summed E-state index contributed by atoms with van der Waals surface area (Å²) in [6.07, 6.45) is 4.66. The predicted octanol–water partition coefficient (Wildman–Crippen LogP) is 6.08. The van der Waals surface area contributed by atoms with E-state index in [1.165, 1.54) is 12.3 Å². The summed E-state index contributed by atoms with van der Waals surface area (Å²) in [7, 11) is 0. The average Bonchev–Trinajstić information content (AvgIpc) is 2.94. The quantitative estimate of drug-likeness (QED) is 0.428. The van der Waals surface area contributed by atoms with Crippen molar-refractivity contribution in [2.45, 2.75) is 32.7 Å². The molecule has 0 unspecified atom stereocenters. The number of pyridine rings is 2. The van der Waals surface area contributed by atoms with E-state index in [0.29, 0.717) is 38.6 Å². The van der Waals surface area contributed by atoms with E-state index in [-0.39, 0.29) is 0 Å². The van der Waals surface area contributed by atoms with Crippen LogP contribution >= 0.6 is 0 Å². The van der Waals surface area contributed by atoms with E-state index in [0.717, 1.165) is 4.57 Å². The fourth-order valence-corrected chi connectivity index (χ4v) is 3.43. The molecule has 0 aliphatic rings. The van der Waals surface area contributed by atoms with Crippen molar-refractivity contribution >= 4 is 21.8 Å². The monoisotopic (exact) mass is 369 g/mol. The summed E-state index contributed by atoms with van der Waals surface area (Å²) >= 11 is 0. The van der Waals surface area contributed by atoms with Crippen LogP contribution in [0, 0.1) is 5.82 Å². The molecule has 0 spiro atoms. The van der Waals surface area contributed by atoms with Crippen LogP contribution in [0.4, 0.5) is 13.2 Å². The fraction of sp³-hybridized carbons (Fsp3) is 0.238. The molecule has 0 amide bonds. The first-order chi connectivity index (χ1) is 12.8. The van der Waals surface area contributed by atoms with Gasteiger partial charge in [0.1, 0.15) is 5.82 Å². The van der Waals surface area contributed by atoms with Gasteiger partial charge in [-0.15, -0.1) is 0 Å². The van der Waals surface area contributed by atoms with Gasteiger partial charge in [0.2, 0.25) is 0 Å². The van der Waals surface area contributed by atoms with Gasteiger partial charge in [0.15, 0.2) is 0 Å². The minimum absolute atomic E-state index is 0.375. The van der Waals surface area contributed by atoms with Crippen molar-refractivity contribution in [1.29, 1.82) is 0 Å². The largest absolute Gasteiger partial charge is 0.319 e. The normalized spacial score (nSPS) is 12.4. The van der Waals surface area contributed by atoms with Gasteiger partial charge in [-0.25, -0.2) is 4.39 Å². The highest BCUT2D eigenvalue weighted by Gasteiger charge is 2.21. The smallest absolute Gasteiger partial charge is 0.284 e. The zero-order chi connectivity index (χ0) is 19.3. The first kappa shape index (κ1) is 17.5. The van der Waals surface area contributed by atoms with Gasteiger partial charge >= 0.3 is 6.55 Å². The van der Waals surface area contributed by atoms with E-state index in [2.05, 4.69) is 9.97 Å². The summed E-state index contributed by atoms with van der Waals surface area (Å²) in [6, 6.07) is 8.18. The second-order valence-corrected chi connectivity index (χ2v) is 7.58. The Morgan fingerprint density at radius 1 is 0.926 bits per heavy atom. The molecule has 138 valence electrons. The van der Waals surface area contributed by atoms with E-state index in [1.54, 1.807) is 36.7 Å². The molecular weight excluding hydrogens is 351 g/mol. The lowest BCUT2D eigenvalue weighted by Gasteiger charge is -2.18. The second-order valence-electron chi connectivity index (χ2n) is 7.58. The number of hydrogen-bond donors (Lipinski definition) is 0. The van der Waals surface area contributed by atoms with Crippen molar-refractivity contribution in [3.8, 4) is 11.1 Å². The van der Waals surface area contributed by atoms with E-state index in [9.17, 15) is 13.2 Å². The highest BCUT2D eigenvalue weighted by atomic mass is 19.3. The van der Waals surface area contributed by atoms with Gasteiger partial charge in [0.05, 0.1) is 16.7 Å². The molecule has 4 aromatic rings. The van der Waals surface area contributed by atoms with Crippen molar-refractivity contribution < 1.29 is 13.2 Å². The summed E-state index contributed by atoms with van der Waals surface area (Å²) in [4.78, 5) is 8.31. The lowest BCUT2D eigenvalue weighted by molar-refractivity contribution is 0.0796. The Bertz CT molecular complexity index is 1160. The molecular formula is C21H18F3N3. The molecule has 4 rings (SSSR count). The minimum atomic E-state index is -2.69. The molecule has 3 aromatic heterocycles. The van der Waals surface area contributed by atoms with Gasteiger partial charge in [-0.1, -0.05) is 32.9 Å². The van der Waals surface area contributed by atoms with E-state index < -0.39 is 17.8 Å². The summed E-state index contributed by atoms with van der Waals surface area (Å²) < 4.78 is 42.9. The van der Waals surface area contributed by atoms with Crippen molar-refractivity contribution in [2.24, 2.45) is 0 Å². The van der Waals surface area contributed by atoms with Crippen LogP contribution in [0.5, 0.6) is 0 Å². The van der Waals surface area contributed by atoms with Crippen LogP contribution in [0.15, 0.2) is 48.9 Å². The van der Waals surface area contributed by atoms with Gasteiger partial charge in [-0.05, 0) is 23.8 Å². The summed E-state index contributed by atoms with van der Waals surface area (Å²) in [6.45, 7) is 2.97. The maximum atomic E-state index is 14.5. The third-order valence-corrected chi connectivity index (χ3v) is 4.69. The highest BCUT2D eigenvalue weighted by Crippen LogP contribution is 2.35. The molecule has 0 atom stereocenters. The van der Waals surface area contributed by atoms with Crippen LogP contribution in [-0.2, 0) is 5.41 Å². The van der Waals surface area contributed by atoms with Gasteiger partial charge in [-0.3, -0.25) is 14.5 Å². The van der Waals surface area contributed by atoms with Crippen molar-refractivity contribution in [3.63, 3.8) is 0 Å². The molecule has 0 fully saturated rings. The zero-order valence-corrected chi connectivity index (χ0v) is 15.2. The van der Waals surface area contributed by atoms with E-state index >= 15 is 0 Å². The van der Waals surface area contributed by atoms with Gasteiger partial charge in [0, 0.05) is 40.3 Å². The van der Waals surface area contributed by atoms with Crippen molar-refractivity contribution in [2.75, 3.05) is 0 Å². The molecule has 1 aromatic carbocycles. The number of halogens is 3. The second kappa shape index (κ2) is 6.08. The van der Waals surface area contributed by atoms with Crippen LogP contribution < -0.4 is 0 Å². The molecule has 3 heterocycles. The van der Waals surface area contributed by atoms with Crippen LogP contribution in [0.25, 0.3) is 32.9 Å². The molecule has 0 N–H and O–H groups in total. The SMILES string of the molecule is CC(C)(C)c1ncc(-c2ccc3c4cnccc4n(C(F)F)c3c2)cc1F. The van der Waals surface area contributed by atoms with Crippen LogP contribution in [0.1, 0.15) is 33.0 Å². The van der Waals surface area contributed by atoms with E-state index in [1.807, 2.05) is 20.8 Å². The topological polar surface area (TPSA) is 30.7 Å². The maximum Gasteiger partial charge on any atom is 0.319 e. The highest BCUT2D eigenvalue weighted by molar-refractivity contribution is 6.08. The summed E-state index contributed by atoms with van der Waals surface area (Å²) in [5, 5.41) is 1.34. The molecule has 0 saturated heterocycles. The minimum Gasteiger partial charge on any atom is -0.284 e. The average molecular weight is 369 g/mol. The Balaban J connectivity index is 1.93. The number of benzene rings is 1.